The summed E-state index contributed by atoms with van der Waals surface area (Å²) < 4.78 is 5.22. The quantitative estimate of drug-likeness (QED) is 0.0928. The van der Waals surface area contributed by atoms with E-state index in [4.69, 9.17) is 4.74 Å². The van der Waals surface area contributed by atoms with Gasteiger partial charge in [-0.3, -0.25) is 9.59 Å². The first-order valence-corrected chi connectivity index (χ1v) is 16.0. The average molecular weight is 512 g/mol. The molecule has 4 nitrogen and oxygen atoms in total. The van der Waals surface area contributed by atoms with Crippen LogP contribution in [0.25, 0.3) is 0 Å². The van der Waals surface area contributed by atoms with E-state index in [9.17, 15) is 9.59 Å². The molecule has 0 rings (SSSR count). The van der Waals surface area contributed by atoms with Crippen LogP contribution in [0.5, 0.6) is 0 Å². The Labute approximate surface area is 226 Å². The van der Waals surface area contributed by atoms with E-state index in [2.05, 4.69) is 26.1 Å². The number of rotatable bonds is 26. The maximum Gasteiger partial charge on any atom is 0.305 e. The summed E-state index contributed by atoms with van der Waals surface area (Å²) in [7, 11) is 0. The molecule has 0 aliphatic carbocycles. The lowest BCUT2D eigenvalue weighted by molar-refractivity contribution is -0.143. The Bertz CT molecular complexity index is 439. The van der Waals surface area contributed by atoms with Gasteiger partial charge in [0.15, 0.2) is 0 Å². The first kappa shape index (κ1) is 37.1. The molecule has 0 saturated heterocycles. The van der Waals surface area contributed by atoms with Gasteiger partial charge in [-0.15, -0.1) is 0 Å². The molecule has 0 aliphatic heterocycles. The van der Waals surface area contributed by atoms with E-state index in [1.165, 1.54) is 122 Å². The Morgan fingerprint density at radius 3 is 1.25 bits per heavy atom. The Balaban J connectivity index is 0. The number of carbonyl (C=O) groups is 2. The minimum Gasteiger partial charge on any atom is -0.466 e. The topological polar surface area (TPSA) is 55.4 Å². The van der Waals surface area contributed by atoms with Crippen molar-refractivity contribution >= 4 is 11.9 Å². The van der Waals surface area contributed by atoms with Crippen molar-refractivity contribution in [2.75, 3.05) is 13.2 Å². The lowest BCUT2D eigenvalue weighted by Gasteiger charge is -2.05. The number of esters is 1. The van der Waals surface area contributed by atoms with Crippen LogP contribution in [0.15, 0.2) is 0 Å². The maximum atomic E-state index is 11.5. The number of hydrogen-bond acceptors (Lipinski definition) is 3. The van der Waals surface area contributed by atoms with Gasteiger partial charge in [-0.05, 0) is 26.2 Å². The fraction of sp³-hybridized carbons (Fsp3) is 0.938. The van der Waals surface area contributed by atoms with Crippen LogP contribution >= 0.6 is 0 Å². The summed E-state index contributed by atoms with van der Waals surface area (Å²) in [5.74, 6) is 0.217. The van der Waals surface area contributed by atoms with Crippen molar-refractivity contribution in [3.05, 3.63) is 0 Å². The SMILES string of the molecule is CCCCCCCCCCCC(=O)NCC.CCCCCCCCCCCC(=O)OCCCCCC. The molecule has 0 bridgehead atoms. The smallest absolute Gasteiger partial charge is 0.305 e. The molecule has 0 atom stereocenters. The van der Waals surface area contributed by atoms with E-state index in [1.54, 1.807) is 0 Å². The molecule has 1 amide bonds. The first-order valence-electron chi connectivity index (χ1n) is 16.0. The van der Waals surface area contributed by atoms with Gasteiger partial charge >= 0.3 is 5.97 Å². The molecule has 36 heavy (non-hydrogen) atoms. The zero-order valence-electron chi connectivity index (χ0n) is 25.1. The molecule has 0 aliphatic rings. The van der Waals surface area contributed by atoms with Crippen LogP contribution in [0.1, 0.15) is 182 Å². The molecular weight excluding hydrogens is 446 g/mol. The highest BCUT2D eigenvalue weighted by Gasteiger charge is 2.02. The standard InChI is InChI=1S/C18H36O2.C14H29NO/c1-3-5-7-9-10-11-12-13-14-16-18(19)20-17-15-8-6-4-2;1-3-5-6-7-8-9-10-11-12-13-14(16)15-4-2/h3-17H2,1-2H3;3-13H2,1-2H3,(H,15,16). The second-order valence-corrected chi connectivity index (χ2v) is 10.4. The van der Waals surface area contributed by atoms with Crippen molar-refractivity contribution in [1.29, 1.82) is 0 Å². The third kappa shape index (κ3) is 35.1. The minimum absolute atomic E-state index is 0.00412. The van der Waals surface area contributed by atoms with Crippen LogP contribution in [-0.4, -0.2) is 25.0 Å². The number of hydrogen-bond donors (Lipinski definition) is 1. The third-order valence-corrected chi connectivity index (χ3v) is 6.63. The van der Waals surface area contributed by atoms with Crippen molar-refractivity contribution < 1.29 is 14.3 Å². The maximum absolute atomic E-state index is 11.5. The van der Waals surface area contributed by atoms with Gasteiger partial charge in [0.1, 0.15) is 0 Å². The Kier molecular flexibility index (Phi) is 35.0. The Morgan fingerprint density at radius 2 is 0.833 bits per heavy atom. The molecule has 216 valence electrons. The third-order valence-electron chi connectivity index (χ3n) is 6.63. The van der Waals surface area contributed by atoms with Crippen molar-refractivity contribution in [1.82, 2.24) is 5.32 Å². The lowest BCUT2D eigenvalue weighted by Crippen LogP contribution is -2.21. The fourth-order valence-corrected chi connectivity index (χ4v) is 4.25. The molecule has 0 heterocycles. The van der Waals surface area contributed by atoms with Gasteiger partial charge in [-0.25, -0.2) is 0 Å². The Morgan fingerprint density at radius 1 is 0.472 bits per heavy atom. The summed E-state index contributed by atoms with van der Waals surface area (Å²) in [5, 5.41) is 2.83. The van der Waals surface area contributed by atoms with E-state index in [-0.39, 0.29) is 11.9 Å². The van der Waals surface area contributed by atoms with E-state index in [0.717, 1.165) is 25.8 Å². The lowest BCUT2D eigenvalue weighted by atomic mass is 10.1. The molecule has 1 N–H and O–H groups in total. The fourth-order valence-electron chi connectivity index (χ4n) is 4.25. The summed E-state index contributed by atoms with van der Waals surface area (Å²) in [6, 6.07) is 0. The molecule has 0 aromatic rings. The largest absolute Gasteiger partial charge is 0.466 e. The van der Waals surface area contributed by atoms with Gasteiger partial charge in [0.2, 0.25) is 5.91 Å². The molecule has 0 unspecified atom stereocenters. The zero-order chi connectivity index (χ0) is 27.0. The Hall–Kier alpha value is -1.06. The van der Waals surface area contributed by atoms with Crippen LogP contribution in [0.4, 0.5) is 0 Å². The van der Waals surface area contributed by atoms with Gasteiger partial charge in [-0.2, -0.15) is 0 Å². The summed E-state index contributed by atoms with van der Waals surface area (Å²) in [6.07, 6.45) is 29.4. The number of unbranched alkanes of at least 4 members (excludes halogenated alkanes) is 19. The van der Waals surface area contributed by atoms with Crippen LogP contribution in [0.3, 0.4) is 0 Å². The van der Waals surface area contributed by atoms with E-state index >= 15 is 0 Å². The van der Waals surface area contributed by atoms with E-state index in [0.29, 0.717) is 19.4 Å². The molecule has 0 radical (unpaired) electrons. The van der Waals surface area contributed by atoms with Crippen LogP contribution in [-0.2, 0) is 14.3 Å². The van der Waals surface area contributed by atoms with Crippen LogP contribution in [0, 0.1) is 0 Å². The van der Waals surface area contributed by atoms with Crippen molar-refractivity contribution in [3.8, 4) is 0 Å². The summed E-state index contributed by atoms with van der Waals surface area (Å²) in [4.78, 5) is 22.6. The van der Waals surface area contributed by atoms with Crippen molar-refractivity contribution in [2.45, 2.75) is 182 Å². The van der Waals surface area contributed by atoms with Crippen LogP contribution in [0.2, 0.25) is 0 Å². The van der Waals surface area contributed by atoms with Crippen molar-refractivity contribution in [3.63, 3.8) is 0 Å². The van der Waals surface area contributed by atoms with E-state index in [1.807, 2.05) is 6.92 Å². The highest BCUT2D eigenvalue weighted by atomic mass is 16.5. The number of amides is 1. The molecule has 0 aromatic heterocycles. The first-order chi connectivity index (χ1) is 17.6. The zero-order valence-corrected chi connectivity index (χ0v) is 25.1. The number of carbonyl (C=O) groups excluding carboxylic acids is 2. The van der Waals surface area contributed by atoms with Crippen molar-refractivity contribution in [2.24, 2.45) is 0 Å². The predicted octanol–water partition coefficient (Wildman–Crippen LogP) is 10.1. The van der Waals surface area contributed by atoms with E-state index < -0.39 is 0 Å². The van der Waals surface area contributed by atoms with Gasteiger partial charge in [0.25, 0.3) is 0 Å². The second kappa shape index (κ2) is 33.9. The predicted molar refractivity (Wildman–Crippen MR) is 157 cm³/mol. The van der Waals surface area contributed by atoms with Gasteiger partial charge in [0, 0.05) is 19.4 Å². The van der Waals surface area contributed by atoms with Crippen LogP contribution < -0.4 is 5.32 Å². The van der Waals surface area contributed by atoms with Gasteiger partial charge in [-0.1, -0.05) is 143 Å². The summed E-state index contributed by atoms with van der Waals surface area (Å²) >= 11 is 0. The number of nitrogens with one attached hydrogen (secondary N) is 1. The number of ether oxygens (including phenoxy) is 1. The monoisotopic (exact) mass is 511 g/mol. The molecule has 0 spiro atoms. The average Bonchev–Trinajstić information content (AvgIpc) is 2.87. The molecule has 0 aromatic carbocycles. The summed E-state index contributed by atoms with van der Waals surface area (Å²) in [6.45, 7) is 10.0. The minimum atomic E-state index is 0.00412. The summed E-state index contributed by atoms with van der Waals surface area (Å²) in [5.41, 5.74) is 0. The second-order valence-electron chi connectivity index (χ2n) is 10.4. The van der Waals surface area contributed by atoms with Gasteiger partial charge < -0.3 is 10.1 Å². The molecular formula is C32H65NO3. The molecule has 0 saturated carbocycles. The normalized spacial score (nSPS) is 10.6. The highest BCUT2D eigenvalue weighted by molar-refractivity contribution is 5.75. The van der Waals surface area contributed by atoms with Gasteiger partial charge in [0.05, 0.1) is 6.61 Å². The highest BCUT2D eigenvalue weighted by Crippen LogP contribution is 2.11. The molecule has 4 heteroatoms. The molecule has 0 fully saturated rings.